The average molecular weight is 350 g/mol. The van der Waals surface area contributed by atoms with Crippen LogP contribution in [0, 0.1) is 11.7 Å². The SMILES string of the molecule is Fc1cccc(CCCC(Br)C2CC2)c1Br. The molecule has 1 aromatic rings. The summed E-state index contributed by atoms with van der Waals surface area (Å²) in [6.45, 7) is 0. The number of hydrogen-bond acceptors (Lipinski definition) is 0. The molecule has 1 aliphatic rings. The second-order valence-corrected chi connectivity index (χ2v) is 6.43. The van der Waals surface area contributed by atoms with Gasteiger partial charge >= 0.3 is 0 Å². The third kappa shape index (κ3) is 3.30. The lowest BCUT2D eigenvalue weighted by atomic mass is 10.1. The fourth-order valence-corrected chi connectivity index (χ4v) is 3.24. The third-order valence-corrected chi connectivity index (χ3v) is 5.18. The summed E-state index contributed by atoms with van der Waals surface area (Å²) < 4.78 is 13.9. The van der Waals surface area contributed by atoms with Gasteiger partial charge in [-0.05, 0) is 65.6 Å². The van der Waals surface area contributed by atoms with Gasteiger partial charge in [0.25, 0.3) is 0 Å². The predicted molar refractivity (Wildman–Crippen MR) is 72.5 cm³/mol. The lowest BCUT2D eigenvalue weighted by Crippen LogP contribution is -2.01. The summed E-state index contributed by atoms with van der Waals surface area (Å²) in [5.74, 6) is 0.742. The van der Waals surface area contributed by atoms with Crippen LogP contribution in [-0.2, 0) is 6.42 Å². The zero-order chi connectivity index (χ0) is 11.5. The molecule has 0 spiro atoms. The van der Waals surface area contributed by atoms with E-state index in [1.807, 2.05) is 6.07 Å². The van der Waals surface area contributed by atoms with Crippen molar-refractivity contribution in [3.8, 4) is 0 Å². The summed E-state index contributed by atoms with van der Waals surface area (Å²) in [6, 6.07) is 5.26. The molecular formula is C13H15Br2F. The summed E-state index contributed by atoms with van der Waals surface area (Å²) in [4.78, 5) is 0.667. The van der Waals surface area contributed by atoms with Gasteiger partial charge in [-0.25, -0.2) is 4.39 Å². The van der Waals surface area contributed by atoms with Crippen LogP contribution < -0.4 is 0 Å². The number of rotatable bonds is 5. The Morgan fingerprint density at radius 1 is 1.38 bits per heavy atom. The van der Waals surface area contributed by atoms with Crippen molar-refractivity contribution in [3.05, 3.63) is 34.1 Å². The molecule has 0 aliphatic heterocycles. The van der Waals surface area contributed by atoms with Gasteiger partial charge in [0.1, 0.15) is 5.82 Å². The maximum Gasteiger partial charge on any atom is 0.137 e. The first-order valence-corrected chi connectivity index (χ1v) is 7.46. The Morgan fingerprint density at radius 3 is 2.81 bits per heavy atom. The van der Waals surface area contributed by atoms with Crippen molar-refractivity contribution < 1.29 is 4.39 Å². The molecule has 16 heavy (non-hydrogen) atoms. The van der Waals surface area contributed by atoms with Crippen molar-refractivity contribution in [2.75, 3.05) is 0 Å². The van der Waals surface area contributed by atoms with Crippen molar-refractivity contribution in [2.24, 2.45) is 5.92 Å². The maximum atomic E-state index is 13.2. The van der Waals surface area contributed by atoms with E-state index in [0.717, 1.165) is 24.3 Å². The standard InChI is InChI=1S/C13H15Br2F/c14-11(9-7-8-9)5-1-3-10-4-2-6-12(16)13(10)15/h2,4,6,9,11H,1,3,5,7-8H2. The van der Waals surface area contributed by atoms with Crippen molar-refractivity contribution >= 4 is 31.9 Å². The highest BCUT2D eigenvalue weighted by molar-refractivity contribution is 9.10. The van der Waals surface area contributed by atoms with Gasteiger partial charge in [0.15, 0.2) is 0 Å². The number of alkyl halides is 1. The first-order chi connectivity index (χ1) is 7.68. The number of halogens is 3. The molecule has 2 rings (SSSR count). The molecule has 1 fully saturated rings. The molecule has 0 saturated heterocycles. The van der Waals surface area contributed by atoms with Crippen molar-refractivity contribution in [1.29, 1.82) is 0 Å². The molecular weight excluding hydrogens is 335 g/mol. The molecule has 0 amide bonds. The van der Waals surface area contributed by atoms with Gasteiger partial charge in [-0.15, -0.1) is 0 Å². The van der Waals surface area contributed by atoms with Gasteiger partial charge < -0.3 is 0 Å². The molecule has 0 N–H and O–H groups in total. The van der Waals surface area contributed by atoms with E-state index in [4.69, 9.17) is 0 Å². The predicted octanol–water partition coefficient (Wildman–Crippen LogP) is 5.08. The van der Waals surface area contributed by atoms with Gasteiger partial charge in [0.05, 0.1) is 4.47 Å². The van der Waals surface area contributed by atoms with E-state index in [0.29, 0.717) is 9.30 Å². The molecule has 88 valence electrons. The Kier molecular flexibility index (Phi) is 4.42. The Bertz CT molecular complexity index is 361. The van der Waals surface area contributed by atoms with Gasteiger partial charge in [0, 0.05) is 4.83 Å². The van der Waals surface area contributed by atoms with Crippen LogP contribution in [0.4, 0.5) is 4.39 Å². The van der Waals surface area contributed by atoms with E-state index in [2.05, 4.69) is 31.9 Å². The monoisotopic (exact) mass is 348 g/mol. The zero-order valence-corrected chi connectivity index (χ0v) is 12.2. The summed E-state index contributed by atoms with van der Waals surface area (Å²) >= 11 is 7.03. The van der Waals surface area contributed by atoms with Crippen LogP contribution in [-0.4, -0.2) is 4.83 Å². The normalized spacial score (nSPS) is 17.4. The van der Waals surface area contributed by atoms with Gasteiger partial charge in [-0.1, -0.05) is 28.1 Å². The molecule has 0 heterocycles. The number of aryl methyl sites for hydroxylation is 1. The van der Waals surface area contributed by atoms with E-state index in [9.17, 15) is 4.39 Å². The Labute approximate surface area is 113 Å². The van der Waals surface area contributed by atoms with Crippen LogP contribution in [0.2, 0.25) is 0 Å². The minimum atomic E-state index is -0.157. The fourth-order valence-electron chi connectivity index (χ4n) is 1.92. The molecule has 1 unspecified atom stereocenters. The highest BCUT2D eigenvalue weighted by Gasteiger charge is 2.28. The van der Waals surface area contributed by atoms with Crippen LogP contribution in [0.15, 0.2) is 22.7 Å². The first-order valence-electron chi connectivity index (χ1n) is 5.75. The van der Waals surface area contributed by atoms with Crippen LogP contribution in [0.25, 0.3) is 0 Å². The lowest BCUT2D eigenvalue weighted by Gasteiger charge is -2.09. The lowest BCUT2D eigenvalue weighted by molar-refractivity contribution is 0.612. The highest BCUT2D eigenvalue weighted by Crippen LogP contribution is 2.38. The second-order valence-electron chi connectivity index (χ2n) is 4.46. The third-order valence-electron chi connectivity index (χ3n) is 3.09. The molecule has 1 aromatic carbocycles. The van der Waals surface area contributed by atoms with Crippen molar-refractivity contribution in [2.45, 2.75) is 36.9 Å². The van der Waals surface area contributed by atoms with Crippen molar-refractivity contribution in [1.82, 2.24) is 0 Å². The highest BCUT2D eigenvalue weighted by atomic mass is 79.9. The summed E-state index contributed by atoms with van der Waals surface area (Å²) in [5, 5.41) is 0. The quantitative estimate of drug-likeness (QED) is 0.650. The van der Waals surface area contributed by atoms with Crippen LogP contribution in [0.3, 0.4) is 0 Å². The Morgan fingerprint density at radius 2 is 2.12 bits per heavy atom. The molecule has 0 aromatic heterocycles. The summed E-state index contributed by atoms with van der Waals surface area (Å²) in [6.07, 6.45) is 6.01. The van der Waals surface area contributed by atoms with Gasteiger partial charge in [-0.2, -0.15) is 0 Å². The Hall–Kier alpha value is 0.110. The average Bonchev–Trinajstić information content (AvgIpc) is 3.07. The van der Waals surface area contributed by atoms with Gasteiger partial charge in [-0.3, -0.25) is 0 Å². The Balaban J connectivity index is 1.82. The van der Waals surface area contributed by atoms with E-state index in [1.54, 1.807) is 6.07 Å². The van der Waals surface area contributed by atoms with E-state index >= 15 is 0 Å². The topological polar surface area (TPSA) is 0 Å². The molecule has 0 bridgehead atoms. The maximum absolute atomic E-state index is 13.2. The zero-order valence-electron chi connectivity index (χ0n) is 9.06. The summed E-state index contributed by atoms with van der Waals surface area (Å²) in [5.41, 5.74) is 1.08. The van der Waals surface area contributed by atoms with Crippen LogP contribution in [0.5, 0.6) is 0 Å². The fraction of sp³-hybridized carbons (Fsp3) is 0.538. The number of benzene rings is 1. The van der Waals surface area contributed by atoms with Crippen LogP contribution in [0.1, 0.15) is 31.2 Å². The van der Waals surface area contributed by atoms with Crippen molar-refractivity contribution in [3.63, 3.8) is 0 Å². The van der Waals surface area contributed by atoms with E-state index in [1.165, 1.54) is 25.3 Å². The van der Waals surface area contributed by atoms with E-state index in [-0.39, 0.29) is 5.82 Å². The first kappa shape index (κ1) is 12.6. The molecule has 1 atom stereocenters. The molecule has 1 saturated carbocycles. The smallest absolute Gasteiger partial charge is 0.137 e. The minimum absolute atomic E-state index is 0.157. The molecule has 0 radical (unpaired) electrons. The van der Waals surface area contributed by atoms with E-state index < -0.39 is 0 Å². The van der Waals surface area contributed by atoms with Crippen LogP contribution >= 0.6 is 31.9 Å². The molecule has 1 aliphatic carbocycles. The molecule has 3 heteroatoms. The minimum Gasteiger partial charge on any atom is -0.206 e. The largest absolute Gasteiger partial charge is 0.206 e. The number of hydrogen-bond donors (Lipinski definition) is 0. The summed E-state index contributed by atoms with van der Waals surface area (Å²) in [7, 11) is 0. The van der Waals surface area contributed by atoms with Gasteiger partial charge in [0.2, 0.25) is 0 Å². The molecule has 0 nitrogen and oxygen atoms in total. The second kappa shape index (κ2) is 5.63.